The minimum Gasteiger partial charge on any atom is -0.393 e. The Balaban J connectivity index is 1.61. The summed E-state index contributed by atoms with van der Waals surface area (Å²) in [6.07, 6.45) is 12.7. The minimum atomic E-state index is -0.613. The van der Waals surface area contributed by atoms with E-state index in [9.17, 15) is 15.3 Å². The van der Waals surface area contributed by atoms with Gasteiger partial charge in [-0.15, -0.1) is 0 Å². The number of aliphatic hydroxyl groups is 3. The second-order valence-corrected chi connectivity index (χ2v) is 12.8. The predicted molar refractivity (Wildman–Crippen MR) is 137 cm³/mol. The smallest absolute Gasteiger partial charge is 0.0811 e. The van der Waals surface area contributed by atoms with Gasteiger partial charge in [0, 0.05) is 6.42 Å². The van der Waals surface area contributed by atoms with Crippen molar-refractivity contribution in [3.05, 3.63) is 35.5 Å². The Hall–Kier alpha value is -0.550. The molecule has 0 aliphatic heterocycles. The van der Waals surface area contributed by atoms with E-state index >= 15 is 0 Å². The second kappa shape index (κ2) is 10.8. The quantitative estimate of drug-likeness (QED) is 0.384. The van der Waals surface area contributed by atoms with Gasteiger partial charge in [-0.05, 0) is 111 Å². The number of fused-ring (bicyclic) bond motifs is 1. The van der Waals surface area contributed by atoms with Crippen LogP contribution in [0.1, 0.15) is 85.5 Å². The van der Waals surface area contributed by atoms with Crippen LogP contribution in [0.15, 0.2) is 35.5 Å². The van der Waals surface area contributed by atoms with Gasteiger partial charge in [0.2, 0.25) is 0 Å². The summed E-state index contributed by atoms with van der Waals surface area (Å²) < 4.78 is 0. The highest BCUT2D eigenvalue weighted by Gasteiger charge is 2.50. The zero-order chi connectivity index (χ0) is 23.5. The lowest BCUT2D eigenvalue weighted by Gasteiger charge is -2.44. The van der Waals surface area contributed by atoms with Crippen LogP contribution in [0.3, 0.4) is 0 Å². The fourth-order valence-corrected chi connectivity index (χ4v) is 7.79. The third-order valence-corrected chi connectivity index (χ3v) is 9.79. The maximum Gasteiger partial charge on any atom is 0.0811 e. The van der Waals surface area contributed by atoms with Crippen LogP contribution in [0.2, 0.25) is 0 Å². The first-order chi connectivity index (χ1) is 15.0. The van der Waals surface area contributed by atoms with Crippen molar-refractivity contribution in [2.45, 2.75) is 103 Å². The van der Waals surface area contributed by atoms with Gasteiger partial charge in [0.1, 0.15) is 0 Å². The van der Waals surface area contributed by atoms with Gasteiger partial charge >= 0.3 is 0 Å². The van der Waals surface area contributed by atoms with E-state index in [-0.39, 0.29) is 0 Å². The Labute approximate surface area is 200 Å². The molecule has 0 bridgehead atoms. The molecule has 0 saturated heterocycles. The van der Waals surface area contributed by atoms with Crippen LogP contribution in [0.4, 0.5) is 0 Å². The van der Waals surface area contributed by atoms with E-state index in [1.165, 1.54) is 37.9 Å². The van der Waals surface area contributed by atoms with Gasteiger partial charge in [0.15, 0.2) is 0 Å². The molecule has 4 heteroatoms. The molecule has 182 valence electrons. The lowest BCUT2D eigenvalue weighted by molar-refractivity contribution is 0.0706. The fraction of sp³-hybridized carbons (Fsp3) is 0.786. The number of aliphatic hydroxyl groups excluding tert-OH is 2. The summed E-state index contributed by atoms with van der Waals surface area (Å²) >= 11 is 2.07. The largest absolute Gasteiger partial charge is 0.393 e. The molecule has 0 heterocycles. The van der Waals surface area contributed by atoms with Crippen molar-refractivity contribution in [1.29, 1.82) is 0 Å². The molecule has 3 fully saturated rings. The predicted octanol–water partition coefficient (Wildman–Crippen LogP) is 6.05. The molecule has 3 N–H and O–H groups in total. The first-order valence-corrected chi connectivity index (χ1v) is 13.9. The van der Waals surface area contributed by atoms with Gasteiger partial charge in [-0.25, -0.2) is 0 Å². The van der Waals surface area contributed by atoms with E-state index < -0.39 is 17.8 Å². The zero-order valence-electron chi connectivity index (χ0n) is 20.8. The molecule has 3 saturated carbocycles. The number of rotatable bonds is 8. The molecule has 0 aromatic rings. The lowest BCUT2D eigenvalue weighted by atomic mass is 9.61. The molecule has 0 spiro atoms. The number of allylic oxidation sites excluding steroid dienone is 3. The average Bonchev–Trinajstić information content (AvgIpc) is 3.06. The Morgan fingerprint density at radius 3 is 2.72 bits per heavy atom. The van der Waals surface area contributed by atoms with Crippen molar-refractivity contribution >= 4 is 11.8 Å². The van der Waals surface area contributed by atoms with E-state index in [0.717, 1.165) is 41.6 Å². The van der Waals surface area contributed by atoms with Crippen molar-refractivity contribution in [2.24, 2.45) is 23.2 Å². The molecular formula is C28H46O3S. The standard InChI is InChI=1S/C28H46O3S/c1-19(18-32-15-7-13-27(3,4)31)24-11-12-25-21(8-6-14-28(24,25)5)9-10-22-16-23(29)17-26(30)20(22)2/h9-10,19,23-26,29-31H,2,6-8,11-18H2,1,3-5H3/b21-9+,22-10-/t19-,23+,24?,25?,26-,28+/m0/s1. The zero-order valence-corrected chi connectivity index (χ0v) is 21.6. The molecule has 6 atom stereocenters. The number of hydrogen-bond donors (Lipinski definition) is 3. The van der Waals surface area contributed by atoms with Crippen LogP contribution >= 0.6 is 11.8 Å². The van der Waals surface area contributed by atoms with Crippen LogP contribution in [0.25, 0.3) is 0 Å². The summed E-state index contributed by atoms with van der Waals surface area (Å²) in [6, 6.07) is 0. The van der Waals surface area contributed by atoms with E-state index in [2.05, 4.69) is 44.3 Å². The Kier molecular flexibility index (Phi) is 8.80. The molecule has 0 radical (unpaired) electrons. The van der Waals surface area contributed by atoms with E-state index in [4.69, 9.17) is 0 Å². The van der Waals surface area contributed by atoms with E-state index in [0.29, 0.717) is 24.2 Å². The van der Waals surface area contributed by atoms with Gasteiger partial charge in [-0.2, -0.15) is 11.8 Å². The topological polar surface area (TPSA) is 60.7 Å². The molecular weight excluding hydrogens is 416 g/mol. The van der Waals surface area contributed by atoms with Crippen LogP contribution in [-0.2, 0) is 0 Å². The fourth-order valence-electron chi connectivity index (χ4n) is 6.67. The van der Waals surface area contributed by atoms with Crippen molar-refractivity contribution < 1.29 is 15.3 Å². The summed E-state index contributed by atoms with van der Waals surface area (Å²) in [6.45, 7) is 12.9. The van der Waals surface area contributed by atoms with Gasteiger partial charge < -0.3 is 15.3 Å². The lowest BCUT2D eigenvalue weighted by Crippen LogP contribution is -2.36. The van der Waals surface area contributed by atoms with Gasteiger partial charge in [-0.1, -0.05) is 38.2 Å². The van der Waals surface area contributed by atoms with Gasteiger partial charge in [-0.3, -0.25) is 0 Å². The van der Waals surface area contributed by atoms with Gasteiger partial charge in [0.05, 0.1) is 17.8 Å². The number of thioether (sulfide) groups is 1. The molecule has 32 heavy (non-hydrogen) atoms. The van der Waals surface area contributed by atoms with Crippen LogP contribution in [0.5, 0.6) is 0 Å². The second-order valence-electron chi connectivity index (χ2n) is 11.6. The summed E-state index contributed by atoms with van der Waals surface area (Å²) in [4.78, 5) is 0. The molecule has 0 amide bonds. The third-order valence-electron chi connectivity index (χ3n) is 8.45. The summed E-state index contributed by atoms with van der Waals surface area (Å²) in [7, 11) is 0. The average molecular weight is 463 g/mol. The maximum absolute atomic E-state index is 10.2. The van der Waals surface area contributed by atoms with Crippen molar-refractivity contribution in [1.82, 2.24) is 0 Å². The monoisotopic (exact) mass is 462 g/mol. The molecule has 3 aliphatic carbocycles. The molecule has 0 aromatic heterocycles. The third kappa shape index (κ3) is 6.31. The van der Waals surface area contributed by atoms with Crippen molar-refractivity contribution in [3.8, 4) is 0 Å². The number of hydrogen-bond acceptors (Lipinski definition) is 4. The molecule has 3 aliphatic rings. The van der Waals surface area contributed by atoms with Crippen molar-refractivity contribution in [2.75, 3.05) is 11.5 Å². The summed E-state index contributed by atoms with van der Waals surface area (Å²) in [5.74, 6) is 4.52. The van der Waals surface area contributed by atoms with Crippen LogP contribution in [-0.4, -0.2) is 44.6 Å². The summed E-state index contributed by atoms with van der Waals surface area (Å²) in [5, 5.41) is 30.1. The normalized spacial score (nSPS) is 37.2. The van der Waals surface area contributed by atoms with Crippen LogP contribution in [0, 0.1) is 23.2 Å². The molecule has 0 aromatic carbocycles. The SMILES string of the molecule is C=C1/C(=C\C=C2/CCC[C@@]3(C)C2CCC3[C@@H](C)CSCCCC(C)(C)O)C[C@@H](O)C[C@@H]1O. The van der Waals surface area contributed by atoms with Gasteiger partial charge in [0.25, 0.3) is 0 Å². The first kappa shape index (κ1) is 26.1. The highest BCUT2D eigenvalue weighted by Crippen LogP contribution is 2.59. The Morgan fingerprint density at radius 1 is 1.25 bits per heavy atom. The maximum atomic E-state index is 10.2. The van der Waals surface area contributed by atoms with Crippen molar-refractivity contribution in [3.63, 3.8) is 0 Å². The van der Waals surface area contributed by atoms with Crippen LogP contribution < -0.4 is 0 Å². The Morgan fingerprint density at radius 2 is 2.00 bits per heavy atom. The minimum absolute atomic E-state index is 0.387. The highest BCUT2D eigenvalue weighted by molar-refractivity contribution is 7.99. The molecule has 3 rings (SSSR count). The summed E-state index contributed by atoms with van der Waals surface area (Å²) in [5.41, 5.74) is 3.21. The van der Waals surface area contributed by atoms with E-state index in [1.807, 2.05) is 13.8 Å². The Bertz CT molecular complexity index is 719. The molecule has 2 unspecified atom stereocenters. The van der Waals surface area contributed by atoms with E-state index in [1.54, 1.807) is 5.57 Å². The highest BCUT2D eigenvalue weighted by atomic mass is 32.2. The first-order valence-electron chi connectivity index (χ1n) is 12.8. The molecule has 3 nitrogen and oxygen atoms in total.